The maximum atomic E-state index is 15.2. The number of anilines is 3. The number of fused-ring (bicyclic) bond motifs is 1. The van der Waals surface area contributed by atoms with Crippen LogP contribution in [0.5, 0.6) is 11.6 Å². The van der Waals surface area contributed by atoms with Gasteiger partial charge in [-0.25, -0.2) is 23.7 Å². The van der Waals surface area contributed by atoms with Crippen LogP contribution in [0.1, 0.15) is 23.0 Å². The van der Waals surface area contributed by atoms with Crippen LogP contribution in [0.2, 0.25) is 0 Å². The number of hydrogen-bond donors (Lipinski definition) is 2. The Morgan fingerprint density at radius 3 is 2.56 bits per heavy atom. The van der Waals surface area contributed by atoms with Crippen molar-refractivity contribution >= 4 is 34.1 Å². The molecule has 12 heteroatoms. The molecule has 0 bridgehead atoms. The van der Waals surface area contributed by atoms with Crippen LogP contribution in [0.4, 0.5) is 26.1 Å². The Balaban J connectivity index is 1.44. The number of carbonyl (C=O) groups excluding carboxylic acids is 1. The van der Waals surface area contributed by atoms with Crippen LogP contribution in [-0.4, -0.2) is 82.5 Å². The van der Waals surface area contributed by atoms with E-state index < -0.39 is 23.3 Å². The standard InChI is InChI=1S/C27H30F2N8O2/c1-5-36-8-10-37(11-9-36)17-6-7-21(30-14-17)34-25-22(27(38)35(3)4)26(32-15-31-25)39-20-13-19(28)24-18(23(20)29)12-16(2)33-24/h6-7,12-15,33H,5,8-11H2,1-4H3,(H,30,31,32,34). The monoisotopic (exact) mass is 536 g/mol. The molecule has 1 saturated heterocycles. The number of nitrogens with zero attached hydrogens (tertiary/aromatic N) is 6. The Bertz CT molecular complexity index is 1500. The molecule has 1 amide bonds. The number of pyridine rings is 1. The van der Waals surface area contributed by atoms with Crippen LogP contribution in [0.15, 0.2) is 36.8 Å². The average Bonchev–Trinajstić information content (AvgIpc) is 3.34. The second-order valence-electron chi connectivity index (χ2n) is 9.56. The fraction of sp³-hybridized carbons (Fsp3) is 0.333. The quantitative estimate of drug-likeness (QED) is 0.360. The molecular formula is C27H30F2N8O2. The molecule has 0 spiro atoms. The van der Waals surface area contributed by atoms with E-state index in [0.717, 1.165) is 44.5 Å². The summed E-state index contributed by atoms with van der Waals surface area (Å²) < 4.78 is 35.6. The van der Waals surface area contributed by atoms with Gasteiger partial charge in [-0.1, -0.05) is 6.92 Å². The van der Waals surface area contributed by atoms with Crippen molar-refractivity contribution in [1.29, 1.82) is 0 Å². The van der Waals surface area contributed by atoms with Gasteiger partial charge in [-0.2, -0.15) is 0 Å². The molecule has 1 aromatic carbocycles. The summed E-state index contributed by atoms with van der Waals surface area (Å²) in [5.41, 5.74) is 1.59. The number of halogens is 2. The van der Waals surface area contributed by atoms with Gasteiger partial charge >= 0.3 is 0 Å². The number of aromatic amines is 1. The predicted molar refractivity (Wildman–Crippen MR) is 145 cm³/mol. The van der Waals surface area contributed by atoms with Gasteiger partial charge in [0.05, 0.1) is 17.4 Å². The summed E-state index contributed by atoms with van der Waals surface area (Å²) in [4.78, 5) is 34.8. The van der Waals surface area contributed by atoms with E-state index >= 15 is 4.39 Å². The van der Waals surface area contributed by atoms with Crippen LogP contribution in [-0.2, 0) is 0 Å². The number of carbonyl (C=O) groups is 1. The highest BCUT2D eigenvalue weighted by Crippen LogP contribution is 2.35. The molecule has 1 aliphatic heterocycles. The van der Waals surface area contributed by atoms with Gasteiger partial charge in [0.1, 0.15) is 17.7 Å². The Kier molecular flexibility index (Phi) is 7.29. The second-order valence-corrected chi connectivity index (χ2v) is 9.56. The molecule has 39 heavy (non-hydrogen) atoms. The normalized spacial score (nSPS) is 14.1. The second kappa shape index (κ2) is 10.8. The van der Waals surface area contributed by atoms with Gasteiger partial charge in [-0.15, -0.1) is 0 Å². The van der Waals surface area contributed by atoms with E-state index in [-0.39, 0.29) is 28.2 Å². The number of piperazine rings is 1. The highest BCUT2D eigenvalue weighted by molar-refractivity contribution is 6.01. The smallest absolute Gasteiger partial charge is 0.262 e. The molecule has 4 aromatic rings. The number of aromatic nitrogens is 4. The Hall–Kier alpha value is -4.32. The third-order valence-corrected chi connectivity index (χ3v) is 6.72. The lowest BCUT2D eigenvalue weighted by Crippen LogP contribution is -2.46. The van der Waals surface area contributed by atoms with Crippen LogP contribution in [0.25, 0.3) is 10.9 Å². The fourth-order valence-corrected chi connectivity index (χ4v) is 4.56. The first-order valence-electron chi connectivity index (χ1n) is 12.7. The first kappa shape index (κ1) is 26.3. The molecule has 0 radical (unpaired) electrons. The molecule has 3 aromatic heterocycles. The number of likely N-dealkylation sites (N-methyl/N-ethyl adjacent to an activating group) is 1. The largest absolute Gasteiger partial charge is 0.435 e. The van der Waals surface area contributed by atoms with Crippen LogP contribution in [0.3, 0.4) is 0 Å². The van der Waals surface area contributed by atoms with E-state index in [1.807, 2.05) is 6.07 Å². The van der Waals surface area contributed by atoms with Crippen molar-refractivity contribution in [3.05, 3.63) is 59.7 Å². The molecule has 5 rings (SSSR count). The van der Waals surface area contributed by atoms with E-state index in [0.29, 0.717) is 11.5 Å². The van der Waals surface area contributed by atoms with Crippen molar-refractivity contribution in [3.63, 3.8) is 0 Å². The third-order valence-electron chi connectivity index (χ3n) is 6.72. The van der Waals surface area contributed by atoms with E-state index in [4.69, 9.17) is 4.74 Å². The minimum atomic E-state index is -0.774. The van der Waals surface area contributed by atoms with Gasteiger partial charge < -0.3 is 29.7 Å². The van der Waals surface area contributed by atoms with Gasteiger partial charge in [0.25, 0.3) is 5.91 Å². The molecule has 0 atom stereocenters. The zero-order valence-corrected chi connectivity index (χ0v) is 22.3. The molecule has 204 valence electrons. The van der Waals surface area contributed by atoms with Gasteiger partial charge in [0.15, 0.2) is 23.2 Å². The minimum Gasteiger partial charge on any atom is -0.435 e. The number of H-pyrrole nitrogens is 1. The van der Waals surface area contributed by atoms with E-state index in [1.54, 1.807) is 33.3 Å². The van der Waals surface area contributed by atoms with Crippen molar-refractivity contribution in [1.82, 2.24) is 29.7 Å². The summed E-state index contributed by atoms with van der Waals surface area (Å²) in [6.07, 6.45) is 2.95. The van der Waals surface area contributed by atoms with Crippen LogP contribution >= 0.6 is 0 Å². The van der Waals surface area contributed by atoms with Crippen molar-refractivity contribution < 1.29 is 18.3 Å². The Morgan fingerprint density at radius 1 is 1.13 bits per heavy atom. The topological polar surface area (TPSA) is 103 Å². The van der Waals surface area contributed by atoms with Gasteiger partial charge in [0.2, 0.25) is 5.88 Å². The van der Waals surface area contributed by atoms with Crippen LogP contribution < -0.4 is 15.0 Å². The first-order chi connectivity index (χ1) is 18.7. The zero-order valence-electron chi connectivity index (χ0n) is 22.3. The molecular weight excluding hydrogens is 506 g/mol. The molecule has 0 aliphatic carbocycles. The van der Waals surface area contributed by atoms with Crippen molar-refractivity contribution in [3.8, 4) is 11.6 Å². The number of benzene rings is 1. The SMILES string of the molecule is CCN1CCN(c2ccc(Nc3ncnc(Oc4cc(F)c5[nH]c(C)cc5c4F)c3C(=O)N(C)C)nc2)CC1. The molecule has 10 nitrogen and oxygen atoms in total. The molecule has 1 aliphatic rings. The first-order valence-corrected chi connectivity index (χ1v) is 12.7. The van der Waals surface area contributed by atoms with Gasteiger partial charge in [-0.3, -0.25) is 4.79 Å². The maximum absolute atomic E-state index is 15.2. The summed E-state index contributed by atoms with van der Waals surface area (Å²) in [5.74, 6) is -2.01. The van der Waals surface area contributed by atoms with Crippen molar-refractivity contribution in [2.45, 2.75) is 13.8 Å². The fourth-order valence-electron chi connectivity index (χ4n) is 4.56. The molecule has 4 heterocycles. The molecule has 0 saturated carbocycles. The lowest BCUT2D eigenvalue weighted by Gasteiger charge is -2.35. The molecule has 0 unspecified atom stereocenters. The lowest BCUT2D eigenvalue weighted by molar-refractivity contribution is 0.0825. The van der Waals surface area contributed by atoms with Gasteiger partial charge in [0, 0.05) is 57.4 Å². The summed E-state index contributed by atoms with van der Waals surface area (Å²) in [5, 5.41) is 3.09. The van der Waals surface area contributed by atoms with Crippen molar-refractivity contribution in [2.75, 3.05) is 57.0 Å². The maximum Gasteiger partial charge on any atom is 0.262 e. The number of amides is 1. The summed E-state index contributed by atoms with van der Waals surface area (Å²) >= 11 is 0. The highest BCUT2D eigenvalue weighted by atomic mass is 19.1. The lowest BCUT2D eigenvalue weighted by atomic mass is 10.2. The predicted octanol–water partition coefficient (Wildman–Crippen LogP) is 4.32. The Labute approximate surface area is 224 Å². The van der Waals surface area contributed by atoms with E-state index in [2.05, 4.69) is 42.0 Å². The number of nitrogens with one attached hydrogen (secondary N) is 2. The number of hydrogen-bond acceptors (Lipinski definition) is 8. The number of aryl methyl sites for hydroxylation is 1. The number of rotatable bonds is 7. The molecule has 1 fully saturated rings. The Morgan fingerprint density at radius 2 is 1.90 bits per heavy atom. The number of ether oxygens (including phenoxy) is 1. The summed E-state index contributed by atoms with van der Waals surface area (Å²) in [6, 6.07) is 6.16. The third kappa shape index (κ3) is 5.32. The van der Waals surface area contributed by atoms with Gasteiger partial charge in [-0.05, 0) is 31.7 Å². The highest BCUT2D eigenvalue weighted by Gasteiger charge is 2.25. The minimum absolute atomic E-state index is 0.0359. The summed E-state index contributed by atoms with van der Waals surface area (Å²) in [6.45, 7) is 8.73. The van der Waals surface area contributed by atoms with E-state index in [9.17, 15) is 9.18 Å². The van der Waals surface area contributed by atoms with E-state index in [1.165, 1.54) is 17.3 Å². The van der Waals surface area contributed by atoms with Crippen LogP contribution in [0, 0.1) is 18.6 Å². The zero-order chi connectivity index (χ0) is 27.7. The molecule has 2 N–H and O–H groups in total. The summed E-state index contributed by atoms with van der Waals surface area (Å²) in [7, 11) is 3.12. The van der Waals surface area contributed by atoms with Crippen molar-refractivity contribution in [2.24, 2.45) is 0 Å². The average molecular weight is 537 g/mol.